The van der Waals surface area contributed by atoms with Crippen molar-refractivity contribution in [2.75, 3.05) is 32.9 Å². The van der Waals surface area contributed by atoms with Gasteiger partial charge in [-0.2, -0.15) is 0 Å². The van der Waals surface area contributed by atoms with Crippen LogP contribution in [0.3, 0.4) is 0 Å². The predicted molar refractivity (Wildman–Crippen MR) is 96.5 cm³/mol. The Morgan fingerprint density at radius 3 is 2.36 bits per heavy atom. The molecule has 126 valence electrons. The Kier molecular flexibility index (Phi) is 8.03. The van der Waals surface area contributed by atoms with E-state index in [1.54, 1.807) is 14.1 Å². The van der Waals surface area contributed by atoms with Crippen LogP contribution in [0.25, 0.3) is 0 Å². The molecule has 1 aromatic carbocycles. The van der Waals surface area contributed by atoms with E-state index in [1.165, 1.54) is 9.87 Å². The maximum atomic E-state index is 11.9. The monoisotopic (exact) mass is 390 g/mol. The summed E-state index contributed by atoms with van der Waals surface area (Å²) >= 11 is 3.61. The molecule has 0 spiro atoms. The van der Waals surface area contributed by atoms with E-state index in [2.05, 4.69) is 40.7 Å². The molecule has 0 fully saturated rings. The number of hydrogen-bond donors (Lipinski definition) is 0. The summed E-state index contributed by atoms with van der Waals surface area (Å²) in [7, 11) is 0.0624. The van der Waals surface area contributed by atoms with Gasteiger partial charge in [0.2, 0.25) is 10.0 Å². The quantitative estimate of drug-likeness (QED) is 0.647. The lowest BCUT2D eigenvalue weighted by Crippen LogP contribution is -2.32. The van der Waals surface area contributed by atoms with Crippen molar-refractivity contribution in [3.05, 3.63) is 34.3 Å². The highest BCUT2D eigenvalue weighted by Crippen LogP contribution is 2.27. The van der Waals surface area contributed by atoms with Gasteiger partial charge in [0.1, 0.15) is 0 Å². The molecule has 0 aromatic heterocycles. The molecule has 0 heterocycles. The third kappa shape index (κ3) is 5.65. The molecule has 0 saturated carbocycles. The first-order chi connectivity index (χ1) is 10.3. The molecule has 1 atom stereocenters. The molecular weight excluding hydrogens is 364 g/mol. The summed E-state index contributed by atoms with van der Waals surface area (Å²) in [6, 6.07) is 8.48. The Morgan fingerprint density at radius 1 is 1.18 bits per heavy atom. The van der Waals surface area contributed by atoms with Crippen molar-refractivity contribution in [1.82, 2.24) is 9.21 Å². The van der Waals surface area contributed by atoms with Crippen LogP contribution in [-0.2, 0) is 10.0 Å². The van der Waals surface area contributed by atoms with E-state index in [1.807, 2.05) is 18.2 Å². The zero-order valence-electron chi connectivity index (χ0n) is 13.9. The summed E-state index contributed by atoms with van der Waals surface area (Å²) in [5.41, 5.74) is 1.24. The normalized spacial score (nSPS) is 13.8. The maximum Gasteiger partial charge on any atom is 0.213 e. The van der Waals surface area contributed by atoms with Crippen molar-refractivity contribution < 1.29 is 8.42 Å². The second-order valence-corrected chi connectivity index (χ2v) is 8.84. The highest BCUT2D eigenvalue weighted by molar-refractivity contribution is 9.10. The Balaban J connectivity index is 2.72. The molecule has 0 aliphatic carbocycles. The fourth-order valence-electron chi connectivity index (χ4n) is 2.43. The third-order valence-corrected chi connectivity index (χ3v) is 6.46. The average Bonchev–Trinajstić information content (AvgIpc) is 2.46. The highest BCUT2D eigenvalue weighted by Gasteiger charge is 2.19. The summed E-state index contributed by atoms with van der Waals surface area (Å²) in [5, 5.41) is 0. The van der Waals surface area contributed by atoms with E-state index in [9.17, 15) is 8.42 Å². The molecule has 0 saturated heterocycles. The number of sulfonamides is 1. The van der Waals surface area contributed by atoms with Crippen LogP contribution in [0.2, 0.25) is 0 Å². The van der Waals surface area contributed by atoms with Gasteiger partial charge in [-0.15, -0.1) is 0 Å². The summed E-state index contributed by atoms with van der Waals surface area (Å²) in [6.45, 7) is 6.07. The van der Waals surface area contributed by atoms with Crippen LogP contribution in [-0.4, -0.2) is 50.6 Å². The molecule has 0 aliphatic rings. The van der Waals surface area contributed by atoms with E-state index in [-0.39, 0.29) is 11.8 Å². The Bertz CT molecular complexity index is 561. The van der Waals surface area contributed by atoms with Gasteiger partial charge >= 0.3 is 0 Å². The minimum Gasteiger partial charge on any atom is -0.297 e. The molecule has 0 radical (unpaired) electrons. The van der Waals surface area contributed by atoms with Gasteiger partial charge in [0.05, 0.1) is 5.75 Å². The lowest BCUT2D eigenvalue weighted by atomic mass is 10.1. The first kappa shape index (κ1) is 19.6. The lowest BCUT2D eigenvalue weighted by Gasteiger charge is -2.30. The number of halogens is 1. The second kappa shape index (κ2) is 9.01. The van der Waals surface area contributed by atoms with Gasteiger partial charge in [0, 0.05) is 24.6 Å². The molecule has 0 N–H and O–H groups in total. The smallest absolute Gasteiger partial charge is 0.213 e. The minimum absolute atomic E-state index is 0.197. The molecule has 6 heteroatoms. The largest absolute Gasteiger partial charge is 0.297 e. The minimum atomic E-state index is -3.11. The van der Waals surface area contributed by atoms with Crippen molar-refractivity contribution in [3.8, 4) is 0 Å². The standard InChI is InChI=1S/C16H27BrN2O2S/c1-5-11-19(12-8-13-22(20,21)18(3)4)14(2)15-9-6-7-10-16(15)17/h6-7,9-10,14H,5,8,11-13H2,1-4H3. The Morgan fingerprint density at radius 2 is 1.82 bits per heavy atom. The van der Waals surface area contributed by atoms with Gasteiger partial charge in [-0.3, -0.25) is 4.90 Å². The predicted octanol–water partition coefficient (Wildman–Crippen LogP) is 3.50. The van der Waals surface area contributed by atoms with Gasteiger partial charge in [0.25, 0.3) is 0 Å². The molecule has 1 unspecified atom stereocenters. The molecule has 0 bridgehead atoms. The van der Waals surface area contributed by atoms with Crippen molar-refractivity contribution in [2.45, 2.75) is 32.7 Å². The topological polar surface area (TPSA) is 40.6 Å². The van der Waals surface area contributed by atoms with E-state index in [0.717, 1.165) is 24.0 Å². The Hall–Kier alpha value is -0.430. The summed E-state index contributed by atoms with van der Waals surface area (Å²) < 4.78 is 26.1. The fourth-order valence-corrected chi connectivity index (χ4v) is 3.90. The van der Waals surface area contributed by atoms with Gasteiger partial charge in [-0.25, -0.2) is 12.7 Å². The van der Waals surface area contributed by atoms with Crippen LogP contribution in [0.1, 0.15) is 38.3 Å². The summed E-state index contributed by atoms with van der Waals surface area (Å²) in [4.78, 5) is 2.35. The zero-order chi connectivity index (χ0) is 16.8. The highest BCUT2D eigenvalue weighted by atomic mass is 79.9. The molecule has 0 aliphatic heterocycles. The van der Waals surface area contributed by atoms with Gasteiger partial charge in [-0.1, -0.05) is 41.1 Å². The maximum absolute atomic E-state index is 11.9. The summed E-state index contributed by atoms with van der Waals surface area (Å²) in [6.07, 6.45) is 1.70. The fraction of sp³-hybridized carbons (Fsp3) is 0.625. The SMILES string of the molecule is CCCN(CCCS(=O)(=O)N(C)C)C(C)c1ccccc1Br. The summed E-state index contributed by atoms with van der Waals surface area (Å²) in [5.74, 6) is 0.197. The average molecular weight is 391 g/mol. The first-order valence-electron chi connectivity index (χ1n) is 7.68. The van der Waals surface area contributed by atoms with Gasteiger partial charge in [-0.05, 0) is 44.5 Å². The van der Waals surface area contributed by atoms with Crippen LogP contribution >= 0.6 is 15.9 Å². The van der Waals surface area contributed by atoms with Crippen LogP contribution in [0.5, 0.6) is 0 Å². The Labute approximate surface area is 143 Å². The van der Waals surface area contributed by atoms with Gasteiger partial charge in [0.15, 0.2) is 0 Å². The van der Waals surface area contributed by atoms with Crippen LogP contribution < -0.4 is 0 Å². The van der Waals surface area contributed by atoms with Crippen molar-refractivity contribution in [2.24, 2.45) is 0 Å². The van der Waals surface area contributed by atoms with E-state index >= 15 is 0 Å². The first-order valence-corrected chi connectivity index (χ1v) is 10.1. The second-order valence-electron chi connectivity index (χ2n) is 5.69. The third-order valence-electron chi connectivity index (χ3n) is 3.82. The van der Waals surface area contributed by atoms with Gasteiger partial charge < -0.3 is 0 Å². The van der Waals surface area contributed by atoms with E-state index in [4.69, 9.17) is 0 Å². The lowest BCUT2D eigenvalue weighted by molar-refractivity contribution is 0.210. The van der Waals surface area contributed by atoms with Crippen molar-refractivity contribution in [3.63, 3.8) is 0 Å². The molecular formula is C16H27BrN2O2S. The molecule has 22 heavy (non-hydrogen) atoms. The number of hydrogen-bond acceptors (Lipinski definition) is 3. The van der Waals surface area contributed by atoms with Crippen molar-refractivity contribution in [1.29, 1.82) is 0 Å². The van der Waals surface area contributed by atoms with Crippen LogP contribution in [0, 0.1) is 0 Å². The molecule has 0 amide bonds. The molecule has 1 aromatic rings. The molecule has 4 nitrogen and oxygen atoms in total. The van der Waals surface area contributed by atoms with E-state index < -0.39 is 10.0 Å². The number of benzene rings is 1. The van der Waals surface area contributed by atoms with Crippen LogP contribution in [0.4, 0.5) is 0 Å². The number of nitrogens with zero attached hydrogens (tertiary/aromatic N) is 2. The molecule has 1 rings (SSSR count). The van der Waals surface area contributed by atoms with Crippen LogP contribution in [0.15, 0.2) is 28.7 Å². The van der Waals surface area contributed by atoms with E-state index in [0.29, 0.717) is 6.42 Å². The van der Waals surface area contributed by atoms with Crippen molar-refractivity contribution >= 4 is 26.0 Å². The number of rotatable bonds is 9. The zero-order valence-corrected chi connectivity index (χ0v) is 16.3.